The van der Waals surface area contributed by atoms with Crippen molar-refractivity contribution in [3.63, 3.8) is 0 Å². The molecule has 1 aromatic heterocycles. The summed E-state index contributed by atoms with van der Waals surface area (Å²) in [6.45, 7) is 6.27. The highest BCUT2D eigenvalue weighted by Gasteiger charge is 2.07. The van der Waals surface area contributed by atoms with Crippen LogP contribution >= 0.6 is 11.3 Å². The van der Waals surface area contributed by atoms with E-state index in [4.69, 9.17) is 0 Å². The molecule has 0 aliphatic rings. The summed E-state index contributed by atoms with van der Waals surface area (Å²) in [4.78, 5) is 1.40. The average Bonchev–Trinajstić information content (AvgIpc) is 2.73. The van der Waals surface area contributed by atoms with Crippen LogP contribution in [0.1, 0.15) is 18.1 Å². The summed E-state index contributed by atoms with van der Waals surface area (Å²) in [6, 6.07) is 10.8. The number of thiophene rings is 1. The van der Waals surface area contributed by atoms with E-state index in [-0.39, 0.29) is 0 Å². The van der Waals surface area contributed by atoms with Crippen LogP contribution in [-0.4, -0.2) is 6.54 Å². The molecule has 1 N–H and O–H groups in total. The summed E-state index contributed by atoms with van der Waals surface area (Å²) in [6.07, 6.45) is 0. The van der Waals surface area contributed by atoms with E-state index in [1.165, 1.54) is 21.6 Å². The molecule has 0 unspecified atom stereocenters. The quantitative estimate of drug-likeness (QED) is 0.843. The molecule has 0 saturated carbocycles. The van der Waals surface area contributed by atoms with Gasteiger partial charge in [0.05, 0.1) is 0 Å². The summed E-state index contributed by atoms with van der Waals surface area (Å²) in [7, 11) is 0. The van der Waals surface area contributed by atoms with Gasteiger partial charge in [0.2, 0.25) is 0 Å². The Morgan fingerprint density at radius 3 is 2.69 bits per heavy atom. The summed E-state index contributed by atoms with van der Waals surface area (Å²) in [5.74, 6) is 0. The zero-order valence-corrected chi connectivity index (χ0v) is 10.6. The number of aryl methyl sites for hydroxylation is 1. The number of hydrogen-bond donors (Lipinski definition) is 1. The Morgan fingerprint density at radius 2 is 2.00 bits per heavy atom. The molecular weight excluding hydrogens is 214 g/mol. The molecule has 0 saturated heterocycles. The van der Waals surface area contributed by atoms with E-state index in [1.807, 2.05) is 11.3 Å². The molecule has 1 heterocycles. The maximum atomic E-state index is 3.39. The first-order valence-electron chi connectivity index (χ1n) is 5.66. The van der Waals surface area contributed by atoms with E-state index < -0.39 is 0 Å². The van der Waals surface area contributed by atoms with E-state index in [2.05, 4.69) is 54.9 Å². The Labute approximate surface area is 101 Å². The minimum atomic E-state index is 0.948. The van der Waals surface area contributed by atoms with Crippen molar-refractivity contribution in [2.45, 2.75) is 20.4 Å². The van der Waals surface area contributed by atoms with Gasteiger partial charge in [0.1, 0.15) is 0 Å². The SMILES string of the molecule is CCNCc1ccccc1-c1sccc1C. The van der Waals surface area contributed by atoms with Crippen LogP contribution in [0.5, 0.6) is 0 Å². The molecule has 0 radical (unpaired) electrons. The van der Waals surface area contributed by atoms with Crippen molar-refractivity contribution in [2.24, 2.45) is 0 Å². The van der Waals surface area contributed by atoms with E-state index >= 15 is 0 Å². The Hall–Kier alpha value is -1.12. The molecule has 0 atom stereocenters. The van der Waals surface area contributed by atoms with Crippen molar-refractivity contribution < 1.29 is 0 Å². The fourth-order valence-corrected chi connectivity index (χ4v) is 2.79. The van der Waals surface area contributed by atoms with Gasteiger partial charge in [0.25, 0.3) is 0 Å². The molecule has 1 aromatic carbocycles. The number of rotatable bonds is 4. The van der Waals surface area contributed by atoms with E-state index in [1.54, 1.807) is 0 Å². The van der Waals surface area contributed by atoms with Gasteiger partial charge in [0, 0.05) is 11.4 Å². The molecule has 1 nitrogen and oxygen atoms in total. The van der Waals surface area contributed by atoms with Gasteiger partial charge in [-0.15, -0.1) is 11.3 Å². The molecule has 0 aliphatic carbocycles. The van der Waals surface area contributed by atoms with Crippen molar-refractivity contribution >= 4 is 11.3 Å². The molecule has 2 rings (SSSR count). The summed E-state index contributed by atoms with van der Waals surface area (Å²) >= 11 is 1.82. The van der Waals surface area contributed by atoms with Crippen LogP contribution in [0, 0.1) is 6.92 Å². The Morgan fingerprint density at radius 1 is 1.19 bits per heavy atom. The standard InChI is InChI=1S/C14H17NS/c1-3-15-10-12-6-4-5-7-13(12)14-11(2)8-9-16-14/h4-9,15H,3,10H2,1-2H3. The fraction of sp³-hybridized carbons (Fsp3) is 0.286. The lowest BCUT2D eigenvalue weighted by Gasteiger charge is -2.09. The number of benzene rings is 1. The number of hydrogen-bond acceptors (Lipinski definition) is 2. The minimum Gasteiger partial charge on any atom is -0.313 e. The van der Waals surface area contributed by atoms with Crippen LogP contribution in [0.4, 0.5) is 0 Å². The Balaban J connectivity index is 2.37. The third-order valence-corrected chi connectivity index (χ3v) is 3.74. The van der Waals surface area contributed by atoms with Gasteiger partial charge >= 0.3 is 0 Å². The van der Waals surface area contributed by atoms with Gasteiger partial charge in [-0.25, -0.2) is 0 Å². The molecule has 0 amide bonds. The van der Waals surface area contributed by atoms with Gasteiger partial charge in [0.15, 0.2) is 0 Å². The van der Waals surface area contributed by atoms with Crippen LogP contribution in [-0.2, 0) is 6.54 Å². The summed E-state index contributed by atoms with van der Waals surface area (Å²) in [5, 5.41) is 5.55. The minimum absolute atomic E-state index is 0.948. The lowest BCUT2D eigenvalue weighted by atomic mass is 10.0. The molecule has 0 aliphatic heterocycles. The van der Waals surface area contributed by atoms with Gasteiger partial charge in [-0.1, -0.05) is 31.2 Å². The van der Waals surface area contributed by atoms with Gasteiger partial charge in [-0.3, -0.25) is 0 Å². The second-order valence-corrected chi connectivity index (χ2v) is 4.79. The van der Waals surface area contributed by atoms with E-state index in [9.17, 15) is 0 Å². The maximum Gasteiger partial charge on any atom is 0.0375 e. The smallest absolute Gasteiger partial charge is 0.0375 e. The second kappa shape index (κ2) is 5.28. The summed E-state index contributed by atoms with van der Waals surface area (Å²) in [5.41, 5.74) is 4.12. The normalized spacial score (nSPS) is 10.6. The van der Waals surface area contributed by atoms with Crippen LogP contribution < -0.4 is 5.32 Å². The number of nitrogens with one attached hydrogen (secondary N) is 1. The molecule has 2 aromatic rings. The maximum absolute atomic E-state index is 3.39. The highest BCUT2D eigenvalue weighted by atomic mass is 32.1. The van der Waals surface area contributed by atoms with Crippen molar-refractivity contribution in [2.75, 3.05) is 6.54 Å². The average molecular weight is 231 g/mol. The highest BCUT2D eigenvalue weighted by molar-refractivity contribution is 7.13. The van der Waals surface area contributed by atoms with Gasteiger partial charge in [-0.2, -0.15) is 0 Å². The molecule has 0 bridgehead atoms. The van der Waals surface area contributed by atoms with Crippen molar-refractivity contribution in [1.82, 2.24) is 5.32 Å². The predicted molar refractivity (Wildman–Crippen MR) is 71.9 cm³/mol. The zero-order valence-electron chi connectivity index (χ0n) is 9.79. The Bertz CT molecular complexity index is 459. The molecule has 0 fully saturated rings. The molecular formula is C14H17NS. The second-order valence-electron chi connectivity index (χ2n) is 3.87. The predicted octanol–water partition coefficient (Wildman–Crippen LogP) is 3.83. The fourth-order valence-electron chi connectivity index (χ4n) is 1.80. The monoisotopic (exact) mass is 231 g/mol. The molecule has 0 spiro atoms. The van der Waals surface area contributed by atoms with E-state index in [0.29, 0.717) is 0 Å². The molecule has 16 heavy (non-hydrogen) atoms. The van der Waals surface area contributed by atoms with Crippen molar-refractivity contribution in [3.05, 3.63) is 46.8 Å². The zero-order chi connectivity index (χ0) is 11.4. The Kier molecular flexibility index (Phi) is 3.75. The topological polar surface area (TPSA) is 12.0 Å². The van der Waals surface area contributed by atoms with Crippen LogP contribution in [0.15, 0.2) is 35.7 Å². The van der Waals surface area contributed by atoms with Gasteiger partial charge < -0.3 is 5.32 Å². The van der Waals surface area contributed by atoms with Crippen molar-refractivity contribution in [3.8, 4) is 10.4 Å². The van der Waals surface area contributed by atoms with E-state index in [0.717, 1.165) is 13.1 Å². The molecule has 2 heteroatoms. The lowest BCUT2D eigenvalue weighted by Crippen LogP contribution is -2.12. The first kappa shape index (κ1) is 11.4. The lowest BCUT2D eigenvalue weighted by molar-refractivity contribution is 0.728. The third kappa shape index (κ3) is 2.34. The third-order valence-electron chi connectivity index (χ3n) is 2.69. The highest BCUT2D eigenvalue weighted by Crippen LogP contribution is 2.31. The van der Waals surface area contributed by atoms with Crippen LogP contribution in [0.2, 0.25) is 0 Å². The summed E-state index contributed by atoms with van der Waals surface area (Å²) < 4.78 is 0. The van der Waals surface area contributed by atoms with Crippen LogP contribution in [0.3, 0.4) is 0 Å². The van der Waals surface area contributed by atoms with Gasteiger partial charge in [-0.05, 0) is 41.6 Å². The molecule has 84 valence electrons. The largest absolute Gasteiger partial charge is 0.313 e. The first-order chi connectivity index (χ1) is 7.83. The first-order valence-corrected chi connectivity index (χ1v) is 6.54. The van der Waals surface area contributed by atoms with Crippen molar-refractivity contribution in [1.29, 1.82) is 0 Å². The van der Waals surface area contributed by atoms with Crippen LogP contribution in [0.25, 0.3) is 10.4 Å².